The lowest BCUT2D eigenvalue weighted by Gasteiger charge is -2.62. The van der Waals surface area contributed by atoms with Gasteiger partial charge in [0.25, 0.3) is 0 Å². The van der Waals surface area contributed by atoms with Crippen LogP contribution in [-0.4, -0.2) is 52.0 Å². The summed E-state index contributed by atoms with van der Waals surface area (Å²) >= 11 is 0. The highest BCUT2D eigenvalue weighted by molar-refractivity contribution is 5.93. The van der Waals surface area contributed by atoms with Crippen LogP contribution in [0.3, 0.4) is 0 Å². The molecule has 6 rings (SSSR count). The minimum absolute atomic E-state index is 0.0745. The highest BCUT2D eigenvalue weighted by Gasteiger charge is 2.84. The second-order valence-electron chi connectivity index (χ2n) is 16.3. The molecule has 5 saturated carbocycles. The molecule has 220 valence electrons. The molecule has 6 nitrogen and oxygen atoms in total. The van der Waals surface area contributed by atoms with Crippen molar-refractivity contribution in [2.75, 3.05) is 0 Å². The van der Waals surface area contributed by atoms with Crippen molar-refractivity contribution in [3.8, 4) is 0 Å². The summed E-state index contributed by atoms with van der Waals surface area (Å²) in [6.07, 6.45) is 6.38. The summed E-state index contributed by atoms with van der Waals surface area (Å²) in [6.45, 7) is 16.5. The summed E-state index contributed by atoms with van der Waals surface area (Å²) in [6, 6.07) is 0. The van der Waals surface area contributed by atoms with Crippen LogP contribution in [0.2, 0.25) is 0 Å². The van der Waals surface area contributed by atoms with Crippen LogP contribution in [0, 0.1) is 50.7 Å². The summed E-state index contributed by atoms with van der Waals surface area (Å²) in [5.74, 6) is 1.12. The minimum Gasteiger partial charge on any atom is -0.457 e. The van der Waals surface area contributed by atoms with Gasteiger partial charge in [-0.3, -0.25) is 9.59 Å². The Morgan fingerprint density at radius 1 is 1.08 bits per heavy atom. The zero-order valence-corrected chi connectivity index (χ0v) is 25.5. The number of carbonyl (C=O) groups excluding carboxylic acids is 2. The van der Waals surface area contributed by atoms with E-state index in [9.17, 15) is 19.8 Å². The molecule has 6 aliphatic rings. The molecule has 0 aromatic rings. The molecule has 6 heteroatoms. The molecule has 0 bridgehead atoms. The summed E-state index contributed by atoms with van der Waals surface area (Å²) in [5.41, 5.74) is -1.46. The van der Waals surface area contributed by atoms with Gasteiger partial charge in [-0.1, -0.05) is 41.5 Å². The number of hydrogen-bond donors (Lipinski definition) is 2. The minimum atomic E-state index is -1.27. The van der Waals surface area contributed by atoms with E-state index in [4.69, 9.17) is 9.47 Å². The first-order chi connectivity index (χ1) is 18.0. The molecule has 1 saturated heterocycles. The number of fused-ring (bicyclic) bond motifs is 4. The highest BCUT2D eigenvalue weighted by atomic mass is 16.6. The number of rotatable bonds is 4. The maximum Gasteiger partial charge on any atom is 0.305 e. The van der Waals surface area contributed by atoms with Crippen LogP contribution in [0.4, 0.5) is 0 Å². The van der Waals surface area contributed by atoms with Crippen molar-refractivity contribution in [3.05, 3.63) is 0 Å². The smallest absolute Gasteiger partial charge is 0.305 e. The van der Waals surface area contributed by atoms with Gasteiger partial charge >= 0.3 is 5.97 Å². The number of hydrogen-bond acceptors (Lipinski definition) is 6. The predicted molar refractivity (Wildman–Crippen MR) is 148 cm³/mol. The molecule has 1 heterocycles. The summed E-state index contributed by atoms with van der Waals surface area (Å²) in [7, 11) is 0. The predicted octanol–water partition coefficient (Wildman–Crippen LogP) is 5.46. The Balaban J connectivity index is 1.34. The second-order valence-corrected chi connectivity index (χ2v) is 16.3. The van der Waals surface area contributed by atoms with Crippen LogP contribution in [0.15, 0.2) is 0 Å². The Morgan fingerprint density at radius 2 is 1.72 bits per heavy atom. The van der Waals surface area contributed by atoms with Gasteiger partial charge in [0.1, 0.15) is 6.10 Å². The third-order valence-electron chi connectivity index (χ3n) is 14.1. The summed E-state index contributed by atoms with van der Waals surface area (Å²) in [5, 5.41) is 21.9. The zero-order valence-electron chi connectivity index (χ0n) is 25.5. The van der Waals surface area contributed by atoms with E-state index in [-0.39, 0.29) is 57.8 Å². The van der Waals surface area contributed by atoms with Crippen LogP contribution in [-0.2, 0) is 19.1 Å². The molecular formula is C33H52O6. The Morgan fingerprint density at radius 3 is 2.36 bits per heavy atom. The third-order valence-corrected chi connectivity index (χ3v) is 14.1. The molecule has 0 radical (unpaired) electrons. The Bertz CT molecular complexity index is 1060. The second kappa shape index (κ2) is 8.31. The van der Waals surface area contributed by atoms with Crippen LogP contribution < -0.4 is 0 Å². The first-order valence-electron chi connectivity index (χ1n) is 15.8. The molecular weight excluding hydrogens is 492 g/mol. The number of aliphatic hydroxyl groups excluding tert-OH is 1. The average molecular weight is 545 g/mol. The zero-order chi connectivity index (χ0) is 28.6. The Labute approximate surface area is 235 Å². The van der Waals surface area contributed by atoms with E-state index in [2.05, 4.69) is 34.6 Å². The van der Waals surface area contributed by atoms with E-state index in [1.54, 1.807) is 20.8 Å². The van der Waals surface area contributed by atoms with Crippen LogP contribution in [0.1, 0.15) is 113 Å². The fourth-order valence-corrected chi connectivity index (χ4v) is 12.1. The lowest BCUT2D eigenvalue weighted by atomic mass is 9.41. The molecule has 0 aromatic heterocycles. The first kappa shape index (κ1) is 28.2. The van der Waals surface area contributed by atoms with E-state index < -0.39 is 29.3 Å². The maximum absolute atomic E-state index is 14.8. The first-order valence-corrected chi connectivity index (χ1v) is 15.8. The highest BCUT2D eigenvalue weighted by Crippen LogP contribution is 2.88. The molecule has 0 amide bonds. The molecule has 5 aliphatic carbocycles. The van der Waals surface area contributed by atoms with Crippen molar-refractivity contribution < 1.29 is 29.3 Å². The number of carbonyl (C=O) groups is 2. The van der Waals surface area contributed by atoms with Gasteiger partial charge in [0.2, 0.25) is 0 Å². The topological polar surface area (TPSA) is 93.1 Å². The van der Waals surface area contributed by atoms with E-state index in [0.29, 0.717) is 18.3 Å². The number of ether oxygens (including phenoxy) is 2. The number of esters is 1. The van der Waals surface area contributed by atoms with Gasteiger partial charge in [-0.05, 0) is 105 Å². The number of Topliss-reactive ketones (excluding diaryl/α,β-unsaturated/α-hetero) is 1. The molecule has 6 fully saturated rings. The van der Waals surface area contributed by atoms with Crippen molar-refractivity contribution in [1.29, 1.82) is 0 Å². The fourth-order valence-electron chi connectivity index (χ4n) is 12.1. The lowest BCUT2D eigenvalue weighted by Crippen LogP contribution is -2.59. The Hall–Kier alpha value is -0.980. The monoisotopic (exact) mass is 544 g/mol. The fraction of sp³-hybridized carbons (Fsp3) is 0.939. The van der Waals surface area contributed by atoms with Gasteiger partial charge in [-0.25, -0.2) is 0 Å². The van der Waals surface area contributed by atoms with Crippen molar-refractivity contribution in [1.82, 2.24) is 0 Å². The van der Waals surface area contributed by atoms with Crippen molar-refractivity contribution in [2.24, 2.45) is 50.7 Å². The molecule has 12 atom stereocenters. The molecule has 39 heavy (non-hydrogen) atoms. The van der Waals surface area contributed by atoms with Crippen molar-refractivity contribution in [3.63, 3.8) is 0 Å². The molecule has 1 aliphatic heterocycles. The SMILES string of the molecule is CCC(=O)O[C@@H]([C@H]1C[C@@H](C)[C@H]2[C@H](O1)C(=O)[C@@]1(C)[C@@H]3CC[C@H]4C(C)(C)[C@@H](O)CC[C@@]45C[C@@]35CC[C@]21C)C(C)(C)O. The number of aliphatic hydroxyl groups is 2. The largest absolute Gasteiger partial charge is 0.457 e. The normalized spacial score (nSPS) is 52.5. The molecule has 2 spiro atoms. The molecule has 0 aromatic carbocycles. The van der Waals surface area contributed by atoms with Gasteiger partial charge in [-0.2, -0.15) is 0 Å². The van der Waals surface area contributed by atoms with Gasteiger partial charge in [0.05, 0.1) is 17.8 Å². The van der Waals surface area contributed by atoms with Crippen LogP contribution in [0.25, 0.3) is 0 Å². The molecule has 0 unspecified atom stereocenters. The van der Waals surface area contributed by atoms with Crippen molar-refractivity contribution in [2.45, 2.75) is 143 Å². The summed E-state index contributed by atoms with van der Waals surface area (Å²) in [4.78, 5) is 27.1. The summed E-state index contributed by atoms with van der Waals surface area (Å²) < 4.78 is 12.5. The van der Waals surface area contributed by atoms with E-state index in [1.165, 1.54) is 12.8 Å². The number of ketones is 1. The van der Waals surface area contributed by atoms with Gasteiger partial charge in [0, 0.05) is 17.8 Å². The van der Waals surface area contributed by atoms with Gasteiger partial charge < -0.3 is 19.7 Å². The van der Waals surface area contributed by atoms with Gasteiger partial charge in [-0.15, -0.1) is 0 Å². The van der Waals surface area contributed by atoms with Gasteiger partial charge in [0.15, 0.2) is 11.9 Å². The van der Waals surface area contributed by atoms with Crippen LogP contribution >= 0.6 is 0 Å². The average Bonchev–Trinajstić information content (AvgIpc) is 3.49. The van der Waals surface area contributed by atoms with E-state index >= 15 is 0 Å². The third kappa shape index (κ3) is 3.32. The van der Waals surface area contributed by atoms with Crippen LogP contribution in [0.5, 0.6) is 0 Å². The molecule has 2 N–H and O–H groups in total. The lowest BCUT2D eigenvalue weighted by molar-refractivity contribution is -0.210. The maximum atomic E-state index is 14.8. The Kier molecular flexibility index (Phi) is 6.00. The quantitative estimate of drug-likeness (QED) is 0.457. The van der Waals surface area contributed by atoms with E-state index in [0.717, 1.165) is 32.1 Å². The standard InChI is InChI=1S/C33H52O6/c1-9-23(35)39-27(29(5,6)37)19-16-18(2)24-25(38-19)26(36)31(8)21-11-10-20-28(3,4)22(34)12-13-32(20)17-33(21,32)15-14-30(24,31)7/h18-22,24-25,27,34,37H,9-17H2,1-8H3/t18-,19-,20+,21+,22+,24+,25+,27+,30-,31-,32-,33+/m1/s1. The van der Waals surface area contributed by atoms with Crippen molar-refractivity contribution >= 4 is 11.8 Å². The van der Waals surface area contributed by atoms with E-state index in [1.807, 2.05) is 0 Å².